The van der Waals surface area contributed by atoms with Gasteiger partial charge in [-0.25, -0.2) is 40.2 Å². The molecule has 4 aromatic heterocycles. The third kappa shape index (κ3) is 37.8. The summed E-state index contributed by atoms with van der Waals surface area (Å²) in [6.45, 7) is 9.65. The van der Waals surface area contributed by atoms with Gasteiger partial charge >= 0.3 is 82.9 Å². The average Bonchev–Trinajstić information content (AvgIpc) is 4.48. The van der Waals surface area contributed by atoms with Crippen molar-refractivity contribution in [1.29, 1.82) is 12.5 Å². The van der Waals surface area contributed by atoms with Crippen LogP contribution in [0.15, 0.2) is 123 Å². The summed E-state index contributed by atoms with van der Waals surface area (Å²) in [5.74, 6) is -0.123. The van der Waals surface area contributed by atoms with Gasteiger partial charge in [-0.2, -0.15) is 72.4 Å². The number of aromatic nitrogens is 9. The first-order valence-corrected chi connectivity index (χ1v) is 30.5. The van der Waals surface area contributed by atoms with Crippen LogP contribution in [0, 0.1) is 42.9 Å². The van der Waals surface area contributed by atoms with Gasteiger partial charge in [0.25, 0.3) is 5.82 Å². The number of nitrogens with zero attached hydrogens (tertiary/aromatic N) is 10. The summed E-state index contributed by atoms with van der Waals surface area (Å²) in [4.78, 5) is 36.4. The molecule has 3 aromatic carbocycles. The van der Waals surface area contributed by atoms with Crippen molar-refractivity contribution in [3.63, 3.8) is 0 Å². The van der Waals surface area contributed by atoms with Crippen LogP contribution in [0.5, 0.6) is 0 Å². The summed E-state index contributed by atoms with van der Waals surface area (Å²) < 4.78 is 205. The number of nitrogens with one attached hydrogen (secondary N) is 4. The van der Waals surface area contributed by atoms with Crippen LogP contribution in [0.3, 0.4) is 0 Å². The fraction of sp³-hybridized carbons (Fsp3) is 0.250. The number of quaternary nitrogens is 1. The molecular formula is C40H45BF9I3N15O11S3-2. The molecule has 1 aliphatic heterocycles. The summed E-state index contributed by atoms with van der Waals surface area (Å²) in [6.07, 6.45) is 16.0. The summed E-state index contributed by atoms with van der Waals surface area (Å²) in [5.41, 5.74) is -12.3. The fourth-order valence-corrected chi connectivity index (χ4v) is 5.47. The Balaban J connectivity index is -0.000000434. The molecule has 0 aliphatic carbocycles. The predicted octanol–water partition coefficient (Wildman–Crippen LogP) is 6.96. The topological polar surface area (TPSA) is 423 Å². The molecule has 0 bridgehead atoms. The summed E-state index contributed by atoms with van der Waals surface area (Å²) >= 11 is 2.35. The van der Waals surface area contributed by atoms with Gasteiger partial charge in [0.05, 0.1) is 36.8 Å². The van der Waals surface area contributed by atoms with E-state index in [9.17, 15) is 49.6 Å². The zero-order valence-electron chi connectivity index (χ0n) is 45.2. The number of hydrogen-bond acceptors (Lipinski definition) is 19. The number of H-pyrrole nitrogens is 3. The monoisotopic (exact) mass is 1580 g/mol. The van der Waals surface area contributed by atoms with Crippen molar-refractivity contribution in [2.24, 2.45) is 0 Å². The van der Waals surface area contributed by atoms with Crippen LogP contribution < -0.4 is 11.0 Å². The van der Waals surface area contributed by atoms with Crippen LogP contribution in [0.1, 0.15) is 19.9 Å². The molecule has 42 heteroatoms. The van der Waals surface area contributed by atoms with Gasteiger partial charge in [-0.05, 0) is 35.4 Å². The Morgan fingerprint density at radius 1 is 0.878 bits per heavy atom. The molecular weight excluding hydrogens is 1530 g/mol. The van der Waals surface area contributed by atoms with Crippen molar-refractivity contribution in [2.45, 2.75) is 29.4 Å². The first-order chi connectivity index (χ1) is 39.9. The van der Waals surface area contributed by atoms with E-state index in [2.05, 4.69) is 57.2 Å². The van der Waals surface area contributed by atoms with Crippen LogP contribution >= 0.6 is 66.0 Å². The second-order valence-corrected chi connectivity index (χ2v) is 19.5. The molecule has 1 radical (unpaired) electrons. The molecule has 0 unspecified atom stereocenters. The Labute approximate surface area is 505 Å². The normalized spacial score (nSPS) is 12.0. The van der Waals surface area contributed by atoms with Gasteiger partial charge in [-0.1, -0.05) is 69.6 Å². The number of likely N-dealkylation sites (tertiary alicyclic amines) is 1. The molecule has 0 atom stereocenters. The number of nitriles is 2. The van der Waals surface area contributed by atoms with Gasteiger partial charge in [-0.15, -0.1) is 5.10 Å². The van der Waals surface area contributed by atoms with E-state index in [-0.39, 0.29) is 17.5 Å². The molecule has 0 spiro atoms. The third-order valence-corrected chi connectivity index (χ3v) is 11.4. The molecule has 8 rings (SSSR count). The number of benzene rings is 3. The van der Waals surface area contributed by atoms with E-state index in [1.807, 2.05) is 146 Å². The summed E-state index contributed by atoms with van der Waals surface area (Å²) in [6, 6.07) is 32.1. The van der Waals surface area contributed by atoms with Crippen LogP contribution in [-0.2, 0) is 30.4 Å². The summed E-state index contributed by atoms with van der Waals surface area (Å²) in [5, 5.41) is 31.6. The number of halogens is 12. The van der Waals surface area contributed by atoms with Crippen molar-refractivity contribution in [3.05, 3.63) is 153 Å². The van der Waals surface area contributed by atoms with E-state index in [0.29, 0.717) is 11.5 Å². The molecule has 453 valence electrons. The minimum absolute atomic E-state index is 0.157. The van der Waals surface area contributed by atoms with E-state index in [4.69, 9.17) is 60.7 Å². The van der Waals surface area contributed by atoms with Crippen molar-refractivity contribution in [2.75, 3.05) is 29.5 Å². The van der Waals surface area contributed by atoms with Gasteiger partial charge < -0.3 is 49.2 Å². The quantitative estimate of drug-likeness (QED) is 0.0113. The Hall–Kier alpha value is -6.17. The van der Waals surface area contributed by atoms with Crippen molar-refractivity contribution in [3.8, 4) is 17.8 Å². The fourth-order valence-electron chi connectivity index (χ4n) is 4.34. The van der Waals surface area contributed by atoms with Crippen LogP contribution in [0.25, 0.3) is 21.6 Å². The maximum atomic E-state index is 10.7. The Kier molecular flexibility index (Phi) is 39.2. The van der Waals surface area contributed by atoms with Gasteiger partial charge in [-0.3, -0.25) is 4.98 Å². The molecule has 0 saturated carbocycles. The van der Waals surface area contributed by atoms with E-state index in [1.54, 1.807) is 24.9 Å². The predicted molar refractivity (Wildman–Crippen MR) is 303 cm³/mol. The Morgan fingerprint density at radius 3 is 1.66 bits per heavy atom. The standard InChI is InChI=1S/C9H8N2.C7H9I.C7H6N2.C6H10N2.C5H2N4.C2H2N4O2.3CHF3O3S.CH3I.BHI.H3N/c1-2-4-9(5-3-1)11-7-6-10-8-11;1-8-7-5-3-2-4-6-7;1-2-4-7-6(3-1)8-5-9-7;7-3-6-8-4-1-2-5-8;1-7-5-4(2-6)8-3-9-5;7-6(8)2-3-1-4-5-2;3*2-1(3,4)8(5,6)7;2*1-2;/h1-8H;2-6,8H,1H3;1-5H,(H,8,9);1-2,4-6H2;3H,(H,8,9);1H,(H,3,4,5);3*(H,5,6,7);1H3;1H;1H3/p-2/i;8T;;;;;;;;1D;1T;/hT. The number of fused-ring (bicyclic) bond motifs is 1. The van der Waals surface area contributed by atoms with Crippen molar-refractivity contribution in [1.82, 2.24) is 50.8 Å². The largest absolute Gasteiger partial charge is 0.361 e. The number of alkyl halides is 11. The molecule has 0 amide bonds. The SMILES string of the molecule is N#CC[NH+]1CCCC1.O=S(=O)([O-])C(F)(F)F.O=S(=O)([O-])C(F)(F)F.O=S(=O)([O-])C(F)(F)F.O=[N+]([O-])c1ncn[nH]1.[2H]CI.[3H]I(C)c1ccccc1.[3H]N.[3H][B]I.[C-]#[N+]c1[nH]cnc1C#N.c1ccc(-n2ccnc2)cc1.c1ccc2[nH]cnc2c1. The molecule has 1 saturated heterocycles. The maximum absolute atomic E-state index is 10.7. The van der Waals surface area contributed by atoms with Crippen molar-refractivity contribution >= 4 is 125 Å². The number of aromatic amines is 3. The molecule has 1 aliphatic rings. The number of rotatable bonds is 4. The van der Waals surface area contributed by atoms with E-state index < -0.39 is 72.8 Å². The first kappa shape index (κ1) is 73.8. The number of nitro groups is 1. The van der Waals surface area contributed by atoms with Crippen LogP contribution in [0.2, 0.25) is 1.41 Å². The second kappa shape index (κ2) is 43.5. The minimum atomic E-state index is -6.09. The van der Waals surface area contributed by atoms with Gasteiger partial charge in [0.2, 0.25) is 6.33 Å². The van der Waals surface area contributed by atoms with Gasteiger partial charge in [0.1, 0.15) is 13.6 Å². The smallest absolute Gasteiger partial charge is 0.265 e. The summed E-state index contributed by atoms with van der Waals surface area (Å²) in [7, 11) is -18.3. The molecule has 1 fully saturated rings. The van der Waals surface area contributed by atoms with Crippen LogP contribution in [-0.4, -0.2) is 142 Å². The van der Waals surface area contributed by atoms with E-state index in [1.165, 1.54) is 46.4 Å². The van der Waals surface area contributed by atoms with E-state index in [0.717, 1.165) is 23.0 Å². The number of para-hydroxylation sites is 3. The van der Waals surface area contributed by atoms with Gasteiger partial charge in [0, 0.05) is 32.3 Å². The zero-order chi connectivity index (χ0) is 67.2. The average molecular weight is 1580 g/mol. The van der Waals surface area contributed by atoms with Crippen molar-refractivity contribution < 1.29 is 91.0 Å². The van der Waals surface area contributed by atoms with Crippen LogP contribution in [0.4, 0.5) is 51.3 Å². The molecule has 7 N–H and O–H groups in total. The minimum Gasteiger partial charge on any atom is -0.361 e. The second-order valence-electron chi connectivity index (χ2n) is 13.1. The Morgan fingerprint density at radius 2 is 1.33 bits per heavy atom. The zero-order valence-corrected chi connectivity index (χ0v) is 50.1. The van der Waals surface area contributed by atoms with Gasteiger partial charge in [0.15, 0.2) is 54.6 Å². The Bertz CT molecular complexity index is 3200. The first-order valence-electron chi connectivity index (χ1n) is 22.5. The number of hydrogen-bond donors (Lipinski definition) is 5. The molecule has 5 heterocycles. The van der Waals surface area contributed by atoms with E-state index >= 15 is 0 Å². The third-order valence-electron chi connectivity index (χ3n) is 7.74. The molecule has 7 aromatic rings. The maximum Gasteiger partial charge on any atom is 0.265 e. The number of imidazole rings is 3. The molecule has 82 heavy (non-hydrogen) atoms. The molecule has 26 nitrogen and oxygen atoms in total.